The van der Waals surface area contributed by atoms with Crippen LogP contribution in [0.5, 0.6) is 5.75 Å². The summed E-state index contributed by atoms with van der Waals surface area (Å²) in [4.78, 5) is 0. The average molecular weight is 259 g/mol. The molecule has 0 N–H and O–H groups in total. The molecule has 1 nitrogen and oxygen atoms in total. The van der Waals surface area contributed by atoms with Gasteiger partial charge in [-0.3, -0.25) is 0 Å². The van der Waals surface area contributed by atoms with Gasteiger partial charge in [0.2, 0.25) is 0 Å². The molecule has 0 unspecified atom stereocenters. The van der Waals surface area contributed by atoms with Gasteiger partial charge in [0.05, 0.1) is 0 Å². The summed E-state index contributed by atoms with van der Waals surface area (Å²) in [5, 5.41) is 0. The van der Waals surface area contributed by atoms with E-state index in [2.05, 4.69) is 6.07 Å². The first kappa shape index (κ1) is 12.7. The highest BCUT2D eigenvalue weighted by atomic mass is 35.5. The molecule has 0 aliphatic rings. The van der Waals surface area contributed by atoms with Gasteiger partial charge in [-0.05, 0) is 29.3 Å². The fourth-order valence-electron chi connectivity index (χ4n) is 1.65. The van der Waals surface area contributed by atoms with Crippen LogP contribution < -0.4 is 4.74 Å². The molecular formula is C16H15ClO. The number of hydrogen-bond acceptors (Lipinski definition) is 1. The van der Waals surface area contributed by atoms with Crippen LogP contribution in [0.3, 0.4) is 0 Å². The zero-order valence-corrected chi connectivity index (χ0v) is 10.8. The number of ether oxygens (including phenoxy) is 1. The first-order valence-corrected chi connectivity index (χ1v) is 6.42. The molecule has 0 saturated heterocycles. The maximum atomic E-state index is 5.88. The predicted octanol–water partition coefficient (Wildman–Crippen LogP) is 4.52. The molecule has 2 aromatic rings. The van der Waals surface area contributed by atoms with Gasteiger partial charge < -0.3 is 4.74 Å². The molecule has 0 amide bonds. The molecular weight excluding hydrogens is 244 g/mol. The van der Waals surface area contributed by atoms with Crippen molar-refractivity contribution < 1.29 is 4.74 Å². The Kier molecular flexibility index (Phi) is 4.86. The highest BCUT2D eigenvalue weighted by molar-refractivity contribution is 6.17. The lowest BCUT2D eigenvalue weighted by Crippen LogP contribution is -1.92. The third kappa shape index (κ3) is 3.64. The first-order chi connectivity index (χ1) is 8.90. The van der Waals surface area contributed by atoms with Crippen molar-refractivity contribution in [3.05, 3.63) is 71.8 Å². The van der Waals surface area contributed by atoms with E-state index < -0.39 is 0 Å². The van der Waals surface area contributed by atoms with Crippen LogP contribution in [0, 0.1) is 0 Å². The van der Waals surface area contributed by atoms with E-state index in [-0.39, 0.29) is 0 Å². The van der Waals surface area contributed by atoms with Crippen molar-refractivity contribution in [1.82, 2.24) is 0 Å². The Morgan fingerprint density at radius 1 is 0.944 bits per heavy atom. The Balaban J connectivity index is 1.92. The minimum Gasteiger partial charge on any atom is -0.490 e. The summed E-state index contributed by atoms with van der Waals surface area (Å²) in [5.41, 5.74) is 2.28. The number of para-hydroxylation sites is 1. The van der Waals surface area contributed by atoms with E-state index >= 15 is 0 Å². The Morgan fingerprint density at radius 3 is 2.44 bits per heavy atom. The van der Waals surface area contributed by atoms with Crippen LogP contribution >= 0.6 is 11.6 Å². The van der Waals surface area contributed by atoms with Gasteiger partial charge in [-0.25, -0.2) is 0 Å². The summed E-state index contributed by atoms with van der Waals surface area (Å²) in [6.45, 7) is 0.556. The molecule has 0 spiro atoms. The lowest BCUT2D eigenvalue weighted by Gasteiger charge is -2.03. The van der Waals surface area contributed by atoms with Crippen molar-refractivity contribution in [2.24, 2.45) is 0 Å². The Bertz CT molecular complexity index is 506. The SMILES string of the molecule is ClCc1ccccc1C=CCOc1ccccc1. The van der Waals surface area contributed by atoms with E-state index in [0.29, 0.717) is 12.5 Å². The summed E-state index contributed by atoms with van der Waals surface area (Å²) in [6, 6.07) is 17.9. The molecule has 2 rings (SSSR count). The molecule has 0 aromatic heterocycles. The smallest absolute Gasteiger partial charge is 0.119 e. The molecule has 2 aromatic carbocycles. The second-order valence-corrected chi connectivity index (χ2v) is 4.13. The van der Waals surface area contributed by atoms with Crippen molar-refractivity contribution in [2.45, 2.75) is 5.88 Å². The summed E-state index contributed by atoms with van der Waals surface area (Å²) >= 11 is 5.88. The van der Waals surface area contributed by atoms with Crippen LogP contribution in [0.1, 0.15) is 11.1 Å². The number of hydrogen-bond donors (Lipinski definition) is 0. The van der Waals surface area contributed by atoms with Crippen molar-refractivity contribution >= 4 is 17.7 Å². The highest BCUT2D eigenvalue weighted by Crippen LogP contribution is 2.13. The quantitative estimate of drug-likeness (QED) is 0.717. The van der Waals surface area contributed by atoms with Gasteiger partial charge in [0.25, 0.3) is 0 Å². The van der Waals surface area contributed by atoms with Crippen LogP contribution in [0.15, 0.2) is 60.7 Å². The molecule has 0 aliphatic heterocycles. The van der Waals surface area contributed by atoms with Crippen LogP contribution in [-0.4, -0.2) is 6.61 Å². The van der Waals surface area contributed by atoms with Crippen molar-refractivity contribution in [2.75, 3.05) is 6.61 Å². The van der Waals surface area contributed by atoms with E-state index in [1.807, 2.05) is 60.7 Å². The highest BCUT2D eigenvalue weighted by Gasteiger charge is 1.95. The molecule has 0 bridgehead atoms. The maximum Gasteiger partial charge on any atom is 0.119 e. The van der Waals surface area contributed by atoms with E-state index in [1.165, 1.54) is 0 Å². The van der Waals surface area contributed by atoms with Gasteiger partial charge in [-0.2, -0.15) is 0 Å². The topological polar surface area (TPSA) is 9.23 Å². The molecule has 92 valence electrons. The molecule has 18 heavy (non-hydrogen) atoms. The molecule has 0 radical (unpaired) electrons. The van der Waals surface area contributed by atoms with Gasteiger partial charge in [-0.1, -0.05) is 48.5 Å². The minimum atomic E-state index is 0.528. The number of benzene rings is 2. The van der Waals surface area contributed by atoms with E-state index in [9.17, 15) is 0 Å². The molecule has 0 saturated carbocycles. The van der Waals surface area contributed by atoms with Gasteiger partial charge in [0, 0.05) is 5.88 Å². The van der Waals surface area contributed by atoms with Gasteiger partial charge in [0.15, 0.2) is 0 Å². The average Bonchev–Trinajstić information content (AvgIpc) is 2.45. The second-order valence-electron chi connectivity index (χ2n) is 3.86. The fourth-order valence-corrected chi connectivity index (χ4v) is 1.90. The van der Waals surface area contributed by atoms with Gasteiger partial charge >= 0.3 is 0 Å². The molecule has 2 heteroatoms. The normalized spacial score (nSPS) is 10.7. The third-order valence-electron chi connectivity index (χ3n) is 2.59. The zero-order chi connectivity index (χ0) is 12.6. The molecule has 0 fully saturated rings. The third-order valence-corrected chi connectivity index (χ3v) is 2.87. The van der Waals surface area contributed by atoms with Crippen molar-refractivity contribution in [3.8, 4) is 5.75 Å². The Hall–Kier alpha value is -1.73. The Labute approximate surface area is 113 Å². The Morgan fingerprint density at radius 2 is 1.67 bits per heavy atom. The largest absolute Gasteiger partial charge is 0.490 e. The predicted molar refractivity (Wildman–Crippen MR) is 77.0 cm³/mol. The zero-order valence-electron chi connectivity index (χ0n) is 10.1. The van der Waals surface area contributed by atoms with E-state index in [4.69, 9.17) is 16.3 Å². The summed E-state index contributed by atoms with van der Waals surface area (Å²) in [5.74, 6) is 1.41. The lowest BCUT2D eigenvalue weighted by atomic mass is 10.1. The van der Waals surface area contributed by atoms with Crippen molar-refractivity contribution in [1.29, 1.82) is 0 Å². The maximum absolute atomic E-state index is 5.88. The van der Waals surface area contributed by atoms with E-state index in [0.717, 1.165) is 16.9 Å². The molecule has 0 heterocycles. The van der Waals surface area contributed by atoms with Crippen LogP contribution in [0.2, 0.25) is 0 Å². The fraction of sp³-hybridized carbons (Fsp3) is 0.125. The monoisotopic (exact) mass is 258 g/mol. The summed E-state index contributed by atoms with van der Waals surface area (Å²) < 4.78 is 5.58. The summed E-state index contributed by atoms with van der Waals surface area (Å²) in [6.07, 6.45) is 4.04. The van der Waals surface area contributed by atoms with Crippen LogP contribution in [-0.2, 0) is 5.88 Å². The molecule has 0 atom stereocenters. The van der Waals surface area contributed by atoms with Crippen LogP contribution in [0.25, 0.3) is 6.08 Å². The van der Waals surface area contributed by atoms with Gasteiger partial charge in [0.1, 0.15) is 12.4 Å². The second kappa shape index (κ2) is 6.87. The van der Waals surface area contributed by atoms with Crippen LogP contribution in [0.4, 0.5) is 0 Å². The minimum absolute atomic E-state index is 0.528. The standard InChI is InChI=1S/C16H15ClO/c17-13-15-8-5-4-7-14(15)9-6-12-18-16-10-2-1-3-11-16/h1-11H,12-13H2. The number of halogens is 1. The number of rotatable bonds is 5. The van der Waals surface area contributed by atoms with Gasteiger partial charge in [-0.15, -0.1) is 11.6 Å². The molecule has 0 aliphatic carbocycles. The first-order valence-electron chi connectivity index (χ1n) is 5.88. The number of alkyl halides is 1. The summed E-state index contributed by atoms with van der Waals surface area (Å²) in [7, 11) is 0. The van der Waals surface area contributed by atoms with E-state index in [1.54, 1.807) is 0 Å². The van der Waals surface area contributed by atoms with Crippen molar-refractivity contribution in [3.63, 3.8) is 0 Å². The lowest BCUT2D eigenvalue weighted by molar-refractivity contribution is 0.363.